The van der Waals surface area contributed by atoms with Crippen molar-refractivity contribution in [3.05, 3.63) is 64.8 Å². The van der Waals surface area contributed by atoms with Crippen LogP contribution in [0.2, 0.25) is 0 Å². The molecule has 3 rings (SSSR count). The Labute approximate surface area is 124 Å². The first-order chi connectivity index (χ1) is 9.74. The molecule has 0 aliphatic heterocycles. The van der Waals surface area contributed by atoms with Crippen LogP contribution in [-0.4, -0.2) is 4.98 Å². The number of pyridine rings is 1. The number of rotatable bonds is 2. The van der Waals surface area contributed by atoms with Gasteiger partial charge in [-0.15, -0.1) is 0 Å². The smallest absolute Gasteiger partial charge is 0.220 e. The molecule has 0 fully saturated rings. The predicted octanol–water partition coefficient (Wildman–Crippen LogP) is 4.66. The van der Waals surface area contributed by atoms with Gasteiger partial charge in [-0.2, -0.15) is 5.26 Å². The molecule has 0 atom stereocenters. The molecular weight excluding hydrogens is 316 g/mol. The normalized spacial score (nSPS) is 10.2. The van der Waals surface area contributed by atoms with E-state index in [1.165, 1.54) is 0 Å². The summed E-state index contributed by atoms with van der Waals surface area (Å²) in [5.41, 5.74) is 0.340. The van der Waals surface area contributed by atoms with Crippen molar-refractivity contribution in [3.8, 4) is 17.7 Å². The number of halogens is 1. The summed E-state index contributed by atoms with van der Waals surface area (Å²) >= 11 is 3.45. The monoisotopic (exact) mass is 324 g/mol. The second-order valence-electron chi connectivity index (χ2n) is 4.23. The molecule has 0 N–H and O–H groups in total. The molecule has 0 spiro atoms. The summed E-state index contributed by atoms with van der Waals surface area (Å²) in [6, 6.07) is 19.0. The van der Waals surface area contributed by atoms with E-state index in [1.54, 1.807) is 18.2 Å². The molecule has 0 radical (unpaired) electrons. The average Bonchev–Trinajstić information content (AvgIpc) is 2.47. The molecule has 3 aromatic rings. The molecule has 0 aliphatic carbocycles. The van der Waals surface area contributed by atoms with Gasteiger partial charge in [-0.1, -0.05) is 34.1 Å². The third kappa shape index (κ3) is 2.63. The second kappa shape index (κ2) is 5.32. The van der Waals surface area contributed by atoms with E-state index in [0.29, 0.717) is 17.3 Å². The van der Waals surface area contributed by atoms with Gasteiger partial charge in [0.05, 0.1) is 0 Å². The molecule has 0 aliphatic rings. The summed E-state index contributed by atoms with van der Waals surface area (Å²) in [5.74, 6) is 1.11. The predicted molar refractivity (Wildman–Crippen MR) is 80.7 cm³/mol. The van der Waals surface area contributed by atoms with Crippen LogP contribution in [-0.2, 0) is 0 Å². The number of aromatic nitrogens is 1. The van der Waals surface area contributed by atoms with Crippen LogP contribution in [0.4, 0.5) is 0 Å². The molecule has 0 bridgehead atoms. The van der Waals surface area contributed by atoms with E-state index in [1.807, 2.05) is 42.5 Å². The van der Waals surface area contributed by atoms with Crippen molar-refractivity contribution in [3.63, 3.8) is 0 Å². The fraction of sp³-hybridized carbons (Fsp3) is 0. The first kappa shape index (κ1) is 12.6. The maximum atomic E-state index is 8.82. The highest BCUT2D eigenvalue weighted by Gasteiger charge is 2.02. The Morgan fingerprint density at radius 3 is 2.65 bits per heavy atom. The summed E-state index contributed by atoms with van der Waals surface area (Å²) in [4.78, 5) is 4.09. The quantitative estimate of drug-likeness (QED) is 0.688. The highest BCUT2D eigenvalue weighted by atomic mass is 79.9. The Morgan fingerprint density at radius 2 is 1.80 bits per heavy atom. The molecule has 4 heteroatoms. The SMILES string of the molecule is N#Cc1cccc(Oc2ccc3cc(Br)ccc3c2)n1. The molecule has 1 heterocycles. The van der Waals surface area contributed by atoms with Crippen molar-refractivity contribution in [2.24, 2.45) is 0 Å². The molecule has 1 aromatic heterocycles. The van der Waals surface area contributed by atoms with E-state index < -0.39 is 0 Å². The van der Waals surface area contributed by atoms with Crippen LogP contribution >= 0.6 is 15.9 Å². The van der Waals surface area contributed by atoms with Crippen molar-refractivity contribution in [2.45, 2.75) is 0 Å². The number of fused-ring (bicyclic) bond motifs is 1. The van der Waals surface area contributed by atoms with Crippen molar-refractivity contribution >= 4 is 26.7 Å². The largest absolute Gasteiger partial charge is 0.439 e. The van der Waals surface area contributed by atoms with E-state index in [2.05, 4.69) is 20.9 Å². The molecule has 0 saturated heterocycles. The van der Waals surface area contributed by atoms with Gasteiger partial charge in [0.15, 0.2) is 0 Å². The summed E-state index contributed by atoms with van der Waals surface area (Å²) in [7, 11) is 0. The van der Waals surface area contributed by atoms with Gasteiger partial charge in [0.25, 0.3) is 0 Å². The van der Waals surface area contributed by atoms with Crippen LogP contribution in [0.1, 0.15) is 5.69 Å². The Bertz CT molecular complexity index is 824. The molecule has 0 amide bonds. The molecular formula is C16H9BrN2O. The van der Waals surface area contributed by atoms with Gasteiger partial charge in [0.2, 0.25) is 5.88 Å². The van der Waals surface area contributed by atoms with Crippen molar-refractivity contribution in [1.29, 1.82) is 5.26 Å². The van der Waals surface area contributed by atoms with Crippen molar-refractivity contribution in [2.75, 3.05) is 0 Å². The fourth-order valence-electron chi connectivity index (χ4n) is 1.91. The minimum atomic E-state index is 0.340. The topological polar surface area (TPSA) is 45.9 Å². The van der Waals surface area contributed by atoms with E-state index in [-0.39, 0.29) is 0 Å². The average molecular weight is 325 g/mol. The molecule has 0 unspecified atom stereocenters. The van der Waals surface area contributed by atoms with Gasteiger partial charge in [-0.3, -0.25) is 0 Å². The maximum absolute atomic E-state index is 8.82. The lowest BCUT2D eigenvalue weighted by atomic mass is 10.1. The highest BCUT2D eigenvalue weighted by Crippen LogP contribution is 2.26. The summed E-state index contributed by atoms with van der Waals surface area (Å²) in [5, 5.41) is 11.0. The number of ether oxygens (including phenoxy) is 1. The van der Waals surface area contributed by atoms with Gasteiger partial charge < -0.3 is 4.74 Å². The number of nitriles is 1. The molecule has 20 heavy (non-hydrogen) atoms. The Hall–Kier alpha value is -2.38. The Kier molecular flexibility index (Phi) is 3.36. The lowest BCUT2D eigenvalue weighted by Gasteiger charge is -2.06. The van der Waals surface area contributed by atoms with E-state index in [9.17, 15) is 0 Å². The van der Waals surface area contributed by atoms with Crippen LogP contribution < -0.4 is 4.74 Å². The molecule has 96 valence electrons. The highest BCUT2D eigenvalue weighted by molar-refractivity contribution is 9.10. The van der Waals surface area contributed by atoms with Crippen LogP contribution in [0.3, 0.4) is 0 Å². The number of hydrogen-bond donors (Lipinski definition) is 0. The first-order valence-electron chi connectivity index (χ1n) is 5.99. The lowest BCUT2D eigenvalue weighted by molar-refractivity contribution is 0.463. The van der Waals surface area contributed by atoms with E-state index >= 15 is 0 Å². The van der Waals surface area contributed by atoms with Crippen LogP contribution in [0.25, 0.3) is 10.8 Å². The summed E-state index contributed by atoms with van der Waals surface area (Å²) in [6.45, 7) is 0. The minimum absolute atomic E-state index is 0.340. The molecule has 3 nitrogen and oxygen atoms in total. The van der Waals surface area contributed by atoms with Crippen LogP contribution in [0.15, 0.2) is 59.1 Å². The maximum Gasteiger partial charge on any atom is 0.220 e. The molecule has 0 saturated carbocycles. The first-order valence-corrected chi connectivity index (χ1v) is 6.78. The third-order valence-corrected chi connectivity index (χ3v) is 3.33. The van der Waals surface area contributed by atoms with Crippen LogP contribution in [0.5, 0.6) is 11.6 Å². The zero-order chi connectivity index (χ0) is 13.9. The third-order valence-electron chi connectivity index (χ3n) is 2.83. The van der Waals surface area contributed by atoms with E-state index in [4.69, 9.17) is 10.00 Å². The zero-order valence-electron chi connectivity index (χ0n) is 10.4. The second-order valence-corrected chi connectivity index (χ2v) is 5.14. The van der Waals surface area contributed by atoms with Gasteiger partial charge in [0.1, 0.15) is 17.5 Å². The van der Waals surface area contributed by atoms with Crippen molar-refractivity contribution in [1.82, 2.24) is 4.98 Å². The fourth-order valence-corrected chi connectivity index (χ4v) is 2.29. The van der Waals surface area contributed by atoms with Crippen molar-refractivity contribution < 1.29 is 4.74 Å². The van der Waals surface area contributed by atoms with Gasteiger partial charge >= 0.3 is 0 Å². The molecule has 2 aromatic carbocycles. The lowest BCUT2D eigenvalue weighted by Crippen LogP contribution is -1.90. The summed E-state index contributed by atoms with van der Waals surface area (Å²) in [6.07, 6.45) is 0. The minimum Gasteiger partial charge on any atom is -0.439 e. The zero-order valence-corrected chi connectivity index (χ0v) is 12.0. The van der Waals surface area contributed by atoms with E-state index in [0.717, 1.165) is 15.2 Å². The summed E-state index contributed by atoms with van der Waals surface area (Å²) < 4.78 is 6.73. The number of benzene rings is 2. The van der Waals surface area contributed by atoms with Crippen LogP contribution in [0, 0.1) is 11.3 Å². The van der Waals surface area contributed by atoms with Gasteiger partial charge in [-0.05, 0) is 41.1 Å². The Balaban J connectivity index is 1.94. The standard InChI is InChI=1S/C16H9BrN2O/c17-13-6-4-12-9-15(7-5-11(12)8-13)20-16-3-1-2-14(10-18)19-16/h1-9H. The number of nitrogens with zero attached hydrogens (tertiary/aromatic N) is 2. The van der Waals surface area contributed by atoms with Gasteiger partial charge in [0, 0.05) is 10.5 Å². The number of hydrogen-bond acceptors (Lipinski definition) is 3. The van der Waals surface area contributed by atoms with Gasteiger partial charge in [-0.25, -0.2) is 4.98 Å². The Morgan fingerprint density at radius 1 is 1.00 bits per heavy atom.